The van der Waals surface area contributed by atoms with Crippen molar-refractivity contribution >= 4 is 11.8 Å². The van der Waals surface area contributed by atoms with Crippen molar-refractivity contribution < 1.29 is 34.0 Å². The molecule has 226 valence electrons. The van der Waals surface area contributed by atoms with Gasteiger partial charge in [-0.3, -0.25) is 9.59 Å². The van der Waals surface area contributed by atoms with Gasteiger partial charge in [-0.15, -0.1) is 0 Å². The van der Waals surface area contributed by atoms with Crippen LogP contribution in [0.5, 0.6) is 0 Å². The highest BCUT2D eigenvalue weighted by Crippen LogP contribution is 2.43. The van der Waals surface area contributed by atoms with Gasteiger partial charge in [-0.25, -0.2) is 0 Å². The summed E-state index contributed by atoms with van der Waals surface area (Å²) in [6, 6.07) is 0. The van der Waals surface area contributed by atoms with Gasteiger partial charge in [0.2, 0.25) is 0 Å². The summed E-state index contributed by atoms with van der Waals surface area (Å²) in [6.07, 6.45) is 13.5. The Morgan fingerprint density at radius 3 is 2.51 bits per heavy atom. The number of carbonyl (C=O) groups is 2. The first kappa shape index (κ1) is 31.6. The quantitative estimate of drug-likeness (QED) is 0.334. The van der Waals surface area contributed by atoms with Crippen molar-refractivity contribution in [3.63, 3.8) is 0 Å². The van der Waals surface area contributed by atoms with E-state index in [1.54, 1.807) is 32.1 Å². The van der Waals surface area contributed by atoms with E-state index in [2.05, 4.69) is 26.8 Å². The summed E-state index contributed by atoms with van der Waals surface area (Å²) < 4.78 is 19.5. The van der Waals surface area contributed by atoms with Crippen LogP contribution in [0, 0.1) is 23.7 Å². The van der Waals surface area contributed by atoms with Crippen LogP contribution in [-0.2, 0) is 23.8 Å². The normalized spacial score (nSPS) is 41.2. The number of Topliss-reactive ketones (excluding diaryl/α,β-unsaturated/α-hetero) is 1. The van der Waals surface area contributed by atoms with Crippen molar-refractivity contribution in [1.29, 1.82) is 0 Å². The van der Waals surface area contributed by atoms with Gasteiger partial charge in [0, 0.05) is 31.1 Å². The molecule has 4 aliphatic rings. The van der Waals surface area contributed by atoms with Crippen LogP contribution in [-0.4, -0.2) is 57.8 Å². The molecule has 2 bridgehead atoms. The van der Waals surface area contributed by atoms with Crippen LogP contribution in [0.15, 0.2) is 59.3 Å². The number of carbonyl (C=O) groups excluding carboxylic acids is 2. The van der Waals surface area contributed by atoms with Gasteiger partial charge in [-0.05, 0) is 55.9 Å². The van der Waals surface area contributed by atoms with E-state index < -0.39 is 35.5 Å². The van der Waals surface area contributed by atoms with Crippen molar-refractivity contribution in [3.8, 4) is 0 Å². The van der Waals surface area contributed by atoms with Crippen LogP contribution in [0.25, 0.3) is 0 Å². The Bertz CT molecular complexity index is 1160. The van der Waals surface area contributed by atoms with Gasteiger partial charge in [0.25, 0.3) is 0 Å². The number of hydrogen-bond acceptors (Lipinski definition) is 7. The molecule has 7 nitrogen and oxygen atoms in total. The van der Waals surface area contributed by atoms with Gasteiger partial charge in [-0.2, -0.15) is 0 Å². The van der Waals surface area contributed by atoms with Crippen molar-refractivity contribution in [1.82, 2.24) is 0 Å². The van der Waals surface area contributed by atoms with E-state index in [1.165, 1.54) is 0 Å². The van der Waals surface area contributed by atoms with Gasteiger partial charge in [0.15, 0.2) is 11.6 Å². The largest absolute Gasteiger partial charge is 0.462 e. The second-order valence-corrected chi connectivity index (χ2v) is 12.8. The first-order valence-corrected chi connectivity index (χ1v) is 15.2. The summed E-state index contributed by atoms with van der Waals surface area (Å²) >= 11 is 0. The molecule has 0 aromatic carbocycles. The van der Waals surface area contributed by atoms with Crippen molar-refractivity contribution in [3.05, 3.63) is 59.3 Å². The average molecular weight is 569 g/mol. The lowest BCUT2D eigenvalue weighted by Gasteiger charge is -2.48. The van der Waals surface area contributed by atoms with E-state index in [1.807, 2.05) is 32.1 Å². The molecule has 3 aliphatic heterocycles. The van der Waals surface area contributed by atoms with Crippen molar-refractivity contribution in [2.45, 2.75) is 116 Å². The lowest BCUT2D eigenvalue weighted by atomic mass is 9.72. The Hall–Kier alpha value is -2.32. The highest BCUT2D eigenvalue weighted by molar-refractivity contribution is 5.99. The Morgan fingerprint density at radius 2 is 1.80 bits per heavy atom. The Labute approximate surface area is 245 Å². The minimum absolute atomic E-state index is 0.0440. The summed E-state index contributed by atoms with van der Waals surface area (Å²) in [6.45, 7) is 13.7. The fourth-order valence-corrected chi connectivity index (χ4v) is 6.48. The molecule has 1 unspecified atom stereocenters. The van der Waals surface area contributed by atoms with Crippen molar-refractivity contribution in [2.75, 3.05) is 0 Å². The topological polar surface area (TPSA) is 102 Å². The molecule has 4 rings (SSSR count). The molecule has 0 radical (unpaired) electrons. The maximum atomic E-state index is 13.8. The molecule has 1 aliphatic carbocycles. The molecular weight excluding hydrogens is 520 g/mol. The molecule has 0 saturated carbocycles. The number of ketones is 1. The molecule has 3 heterocycles. The lowest BCUT2D eigenvalue weighted by Crippen LogP contribution is -2.54. The summed E-state index contributed by atoms with van der Waals surface area (Å²) in [7, 11) is 0. The minimum Gasteiger partial charge on any atom is -0.462 e. The standard InChI is InChI=1S/C34H48O7/c1-8-20(2)31-23(5)14-15-33(41-31)18-27-17-26(40-33)13-12-22(4)30(36)21(3)10-9-11-25(7)34(38)19-29(35)24(6)16-28(34)32(37)39-27/h9-12,14-16,20-21,23,26-28,30-31,36,38H,8,13,17-19H2,1-7H3/t20?,21-,23-,26+,27-,28-,30-,31+,33+,34+/m0/s1. The van der Waals surface area contributed by atoms with Crippen LogP contribution in [0.3, 0.4) is 0 Å². The molecule has 1 saturated heterocycles. The fourth-order valence-electron chi connectivity index (χ4n) is 6.48. The Balaban J connectivity index is 1.75. The average Bonchev–Trinajstić information content (AvgIpc) is 2.93. The molecule has 10 atom stereocenters. The Morgan fingerprint density at radius 1 is 1.07 bits per heavy atom. The van der Waals surface area contributed by atoms with Gasteiger partial charge in [0.1, 0.15) is 17.6 Å². The van der Waals surface area contributed by atoms with Crippen LogP contribution < -0.4 is 0 Å². The van der Waals surface area contributed by atoms with E-state index >= 15 is 0 Å². The van der Waals surface area contributed by atoms with E-state index in [-0.39, 0.29) is 36.2 Å². The number of aliphatic hydroxyl groups is 2. The highest BCUT2D eigenvalue weighted by Gasteiger charge is 2.50. The van der Waals surface area contributed by atoms with Crippen LogP contribution in [0.4, 0.5) is 0 Å². The number of aliphatic hydroxyl groups excluding tert-OH is 1. The molecule has 1 spiro atoms. The van der Waals surface area contributed by atoms with Crippen molar-refractivity contribution in [2.24, 2.45) is 23.7 Å². The van der Waals surface area contributed by atoms with Gasteiger partial charge >= 0.3 is 5.97 Å². The number of hydrogen-bond donors (Lipinski definition) is 2. The summed E-state index contributed by atoms with van der Waals surface area (Å²) in [5.41, 5.74) is 0.0408. The first-order valence-electron chi connectivity index (χ1n) is 15.2. The molecule has 0 amide bonds. The van der Waals surface area contributed by atoms with Gasteiger partial charge in [0.05, 0.1) is 18.3 Å². The Kier molecular flexibility index (Phi) is 9.64. The molecule has 0 aromatic heterocycles. The second kappa shape index (κ2) is 12.5. The predicted molar refractivity (Wildman–Crippen MR) is 158 cm³/mol. The zero-order chi connectivity index (χ0) is 30.1. The smallest absolute Gasteiger partial charge is 0.316 e. The predicted octanol–water partition coefficient (Wildman–Crippen LogP) is 5.53. The second-order valence-electron chi connectivity index (χ2n) is 12.8. The summed E-state index contributed by atoms with van der Waals surface area (Å²) in [5, 5.41) is 22.8. The number of esters is 1. The van der Waals surface area contributed by atoms with E-state index in [9.17, 15) is 19.8 Å². The first-order chi connectivity index (χ1) is 19.3. The van der Waals surface area contributed by atoms with E-state index in [0.717, 1.165) is 12.0 Å². The van der Waals surface area contributed by atoms with Crippen LogP contribution in [0.2, 0.25) is 0 Å². The maximum absolute atomic E-state index is 13.8. The molecule has 1 fully saturated rings. The SMILES string of the molecule is CCC(C)[C@H]1O[C@]2(C=C[C@@H]1C)C[C@@H]1C[C@@H](CC=C(C)[C@@H](O)[C@@H](C)C=CC=C(C)[C@]3(O)CC(=O)C(C)=C[C@H]3C(=O)O1)O2. The highest BCUT2D eigenvalue weighted by atomic mass is 16.7. The van der Waals surface area contributed by atoms with Gasteiger partial charge in [-0.1, -0.05) is 70.6 Å². The summed E-state index contributed by atoms with van der Waals surface area (Å²) in [4.78, 5) is 26.5. The van der Waals surface area contributed by atoms with Crippen LogP contribution >= 0.6 is 0 Å². The number of ether oxygens (including phenoxy) is 3. The lowest BCUT2D eigenvalue weighted by molar-refractivity contribution is -0.300. The monoisotopic (exact) mass is 568 g/mol. The molecule has 7 heteroatoms. The third kappa shape index (κ3) is 6.69. The zero-order valence-electron chi connectivity index (χ0n) is 25.6. The number of allylic oxidation sites excluding steroid dienone is 3. The molecule has 2 N–H and O–H groups in total. The number of fused-ring (bicyclic) bond motifs is 3. The summed E-state index contributed by atoms with van der Waals surface area (Å²) in [5.74, 6) is -2.51. The van der Waals surface area contributed by atoms with Crippen LogP contribution in [0.1, 0.15) is 80.6 Å². The molecule has 0 aromatic rings. The van der Waals surface area contributed by atoms with E-state index in [0.29, 0.717) is 36.3 Å². The van der Waals surface area contributed by atoms with E-state index in [4.69, 9.17) is 14.2 Å². The molecule has 41 heavy (non-hydrogen) atoms. The fraction of sp³-hybridized carbons (Fsp3) is 0.647. The molecular formula is C34H48O7. The zero-order valence-corrected chi connectivity index (χ0v) is 25.6. The van der Waals surface area contributed by atoms with Gasteiger partial charge < -0.3 is 24.4 Å². The minimum atomic E-state index is -1.71. The maximum Gasteiger partial charge on any atom is 0.316 e. The third-order valence-corrected chi connectivity index (χ3v) is 9.57. The number of rotatable bonds is 2. The third-order valence-electron chi connectivity index (χ3n) is 9.57.